The van der Waals surface area contributed by atoms with Gasteiger partial charge in [0, 0.05) is 29.6 Å². The topological polar surface area (TPSA) is 49.2 Å². The maximum atomic E-state index is 9.12. The van der Waals surface area contributed by atoms with E-state index in [-0.39, 0.29) is 6.61 Å². The second-order valence-electron chi connectivity index (χ2n) is 5.04. The van der Waals surface area contributed by atoms with E-state index in [1.165, 1.54) is 0 Å². The standard InChI is InChI=1S/C17H16ClN3O/c1-21(10-11-22)17-19-15-5-3-2-4-14(15)16(20-17)12-6-8-13(18)9-7-12/h2-9,22H,10-11H2,1H3. The molecule has 0 radical (unpaired) electrons. The van der Waals surface area contributed by atoms with E-state index in [0.29, 0.717) is 17.5 Å². The molecule has 0 atom stereocenters. The van der Waals surface area contributed by atoms with Crippen LogP contribution in [-0.4, -0.2) is 35.3 Å². The van der Waals surface area contributed by atoms with Crippen LogP contribution in [0.5, 0.6) is 0 Å². The molecule has 1 N–H and O–H groups in total. The first kappa shape index (κ1) is 14.8. The van der Waals surface area contributed by atoms with Crippen LogP contribution in [0.15, 0.2) is 48.5 Å². The van der Waals surface area contributed by atoms with Crippen molar-refractivity contribution in [1.29, 1.82) is 0 Å². The van der Waals surface area contributed by atoms with Crippen LogP contribution in [0.4, 0.5) is 5.95 Å². The van der Waals surface area contributed by atoms with Gasteiger partial charge in [0.1, 0.15) is 0 Å². The molecule has 1 aromatic heterocycles. The molecule has 0 aliphatic rings. The van der Waals surface area contributed by atoms with Crippen molar-refractivity contribution >= 4 is 28.5 Å². The predicted molar refractivity (Wildman–Crippen MR) is 90.3 cm³/mol. The highest BCUT2D eigenvalue weighted by molar-refractivity contribution is 6.30. The average Bonchev–Trinajstić information content (AvgIpc) is 2.55. The molecule has 0 saturated carbocycles. The minimum Gasteiger partial charge on any atom is -0.395 e. The molecule has 5 heteroatoms. The molecule has 3 rings (SSSR count). The smallest absolute Gasteiger partial charge is 0.226 e. The summed E-state index contributed by atoms with van der Waals surface area (Å²) in [5.74, 6) is 0.595. The Bertz CT molecular complexity index is 790. The monoisotopic (exact) mass is 313 g/mol. The fraction of sp³-hybridized carbons (Fsp3) is 0.176. The third-order valence-electron chi connectivity index (χ3n) is 3.49. The van der Waals surface area contributed by atoms with Gasteiger partial charge in [0.15, 0.2) is 0 Å². The molecule has 0 bridgehead atoms. The minimum atomic E-state index is 0.0585. The van der Waals surface area contributed by atoms with Gasteiger partial charge >= 0.3 is 0 Å². The van der Waals surface area contributed by atoms with Gasteiger partial charge < -0.3 is 10.0 Å². The van der Waals surface area contributed by atoms with Crippen LogP contribution >= 0.6 is 11.6 Å². The van der Waals surface area contributed by atoms with Crippen molar-refractivity contribution in [2.24, 2.45) is 0 Å². The first-order valence-electron chi connectivity index (χ1n) is 7.04. The van der Waals surface area contributed by atoms with Gasteiger partial charge in [-0.3, -0.25) is 0 Å². The van der Waals surface area contributed by atoms with Gasteiger partial charge in [-0.2, -0.15) is 0 Å². The molecular formula is C17H16ClN3O. The number of aromatic nitrogens is 2. The van der Waals surface area contributed by atoms with Gasteiger partial charge in [-0.1, -0.05) is 41.9 Å². The molecule has 4 nitrogen and oxygen atoms in total. The van der Waals surface area contributed by atoms with Crippen molar-refractivity contribution < 1.29 is 5.11 Å². The zero-order valence-electron chi connectivity index (χ0n) is 12.2. The van der Waals surface area contributed by atoms with Crippen LogP contribution in [0, 0.1) is 0 Å². The molecule has 1 heterocycles. The Hall–Kier alpha value is -2.17. The SMILES string of the molecule is CN(CCO)c1nc(-c2ccc(Cl)cc2)c2ccccc2n1. The normalized spacial score (nSPS) is 10.9. The molecule has 0 aliphatic carbocycles. The first-order valence-corrected chi connectivity index (χ1v) is 7.41. The predicted octanol–water partition coefficient (Wildman–Crippen LogP) is 3.38. The summed E-state index contributed by atoms with van der Waals surface area (Å²) < 4.78 is 0. The summed E-state index contributed by atoms with van der Waals surface area (Å²) in [6.07, 6.45) is 0. The highest BCUT2D eigenvalue weighted by Gasteiger charge is 2.12. The summed E-state index contributed by atoms with van der Waals surface area (Å²) in [6.45, 7) is 0.543. The number of aliphatic hydroxyl groups excluding tert-OH is 1. The molecule has 3 aromatic rings. The van der Waals surface area contributed by atoms with Crippen LogP contribution in [-0.2, 0) is 0 Å². The summed E-state index contributed by atoms with van der Waals surface area (Å²) in [4.78, 5) is 11.1. The fourth-order valence-corrected chi connectivity index (χ4v) is 2.44. The van der Waals surface area contributed by atoms with Gasteiger partial charge in [0.2, 0.25) is 5.95 Å². The molecule has 0 amide bonds. The lowest BCUT2D eigenvalue weighted by atomic mass is 10.1. The number of fused-ring (bicyclic) bond motifs is 1. The Labute approximate surface area is 134 Å². The molecule has 0 spiro atoms. The number of benzene rings is 2. The van der Waals surface area contributed by atoms with Crippen LogP contribution in [0.2, 0.25) is 5.02 Å². The van der Waals surface area contributed by atoms with Crippen LogP contribution < -0.4 is 4.90 Å². The van der Waals surface area contributed by atoms with Gasteiger partial charge in [-0.05, 0) is 18.2 Å². The van der Waals surface area contributed by atoms with Crippen molar-refractivity contribution in [3.05, 3.63) is 53.6 Å². The lowest BCUT2D eigenvalue weighted by Crippen LogP contribution is -2.23. The minimum absolute atomic E-state index is 0.0585. The maximum Gasteiger partial charge on any atom is 0.226 e. The third-order valence-corrected chi connectivity index (χ3v) is 3.74. The van der Waals surface area contributed by atoms with E-state index in [1.54, 1.807) is 0 Å². The quantitative estimate of drug-likeness (QED) is 0.802. The van der Waals surface area contributed by atoms with Gasteiger partial charge in [-0.25, -0.2) is 9.97 Å². The first-order chi connectivity index (χ1) is 10.7. The van der Waals surface area contributed by atoms with Crippen LogP contribution in [0.25, 0.3) is 22.2 Å². The number of halogens is 1. The van der Waals surface area contributed by atoms with Crippen LogP contribution in [0.3, 0.4) is 0 Å². The highest BCUT2D eigenvalue weighted by Crippen LogP contribution is 2.28. The molecular weight excluding hydrogens is 298 g/mol. The number of anilines is 1. The van der Waals surface area contributed by atoms with Crippen molar-refractivity contribution in [3.8, 4) is 11.3 Å². The van der Waals surface area contributed by atoms with Gasteiger partial charge in [0.05, 0.1) is 17.8 Å². The Morgan fingerprint density at radius 2 is 1.77 bits per heavy atom. The molecule has 0 saturated heterocycles. The van der Waals surface area contributed by atoms with Crippen molar-refractivity contribution in [1.82, 2.24) is 9.97 Å². The van der Waals surface area contributed by atoms with Gasteiger partial charge in [-0.15, -0.1) is 0 Å². The Morgan fingerprint density at radius 3 is 2.50 bits per heavy atom. The summed E-state index contributed by atoms with van der Waals surface area (Å²) in [7, 11) is 1.87. The van der Waals surface area contributed by atoms with Gasteiger partial charge in [0.25, 0.3) is 0 Å². The van der Waals surface area contributed by atoms with Crippen molar-refractivity contribution in [2.45, 2.75) is 0 Å². The molecule has 2 aromatic carbocycles. The van der Waals surface area contributed by atoms with E-state index < -0.39 is 0 Å². The molecule has 0 aliphatic heterocycles. The third kappa shape index (κ3) is 2.89. The highest BCUT2D eigenvalue weighted by atomic mass is 35.5. The van der Waals surface area contributed by atoms with E-state index in [9.17, 15) is 0 Å². The second-order valence-corrected chi connectivity index (χ2v) is 5.48. The van der Waals surface area contributed by atoms with Crippen molar-refractivity contribution in [3.63, 3.8) is 0 Å². The lowest BCUT2D eigenvalue weighted by molar-refractivity contribution is 0.303. The number of hydrogen-bond acceptors (Lipinski definition) is 4. The largest absolute Gasteiger partial charge is 0.395 e. The van der Waals surface area contributed by atoms with Crippen LogP contribution in [0.1, 0.15) is 0 Å². The number of hydrogen-bond donors (Lipinski definition) is 1. The zero-order chi connectivity index (χ0) is 15.5. The number of rotatable bonds is 4. The Balaban J connectivity index is 2.20. The van der Waals surface area contributed by atoms with E-state index >= 15 is 0 Å². The lowest BCUT2D eigenvalue weighted by Gasteiger charge is -2.17. The molecule has 0 fully saturated rings. The van der Waals surface area contributed by atoms with E-state index in [2.05, 4.69) is 9.97 Å². The molecule has 112 valence electrons. The summed E-state index contributed by atoms with van der Waals surface area (Å²) >= 11 is 5.97. The fourth-order valence-electron chi connectivity index (χ4n) is 2.31. The average molecular weight is 314 g/mol. The second kappa shape index (κ2) is 6.30. The molecule has 0 unspecified atom stereocenters. The zero-order valence-corrected chi connectivity index (χ0v) is 13.0. The summed E-state index contributed by atoms with van der Waals surface area (Å²) in [6, 6.07) is 15.5. The summed E-state index contributed by atoms with van der Waals surface area (Å²) in [5.41, 5.74) is 2.73. The molecule has 22 heavy (non-hydrogen) atoms. The maximum absolute atomic E-state index is 9.12. The Kier molecular flexibility index (Phi) is 4.22. The van der Waals surface area contributed by atoms with E-state index in [1.807, 2.05) is 60.5 Å². The van der Waals surface area contributed by atoms with Crippen molar-refractivity contribution in [2.75, 3.05) is 25.1 Å². The number of likely N-dealkylation sites (N-methyl/N-ethyl adjacent to an activating group) is 1. The van der Waals surface area contributed by atoms with E-state index in [4.69, 9.17) is 16.7 Å². The number of nitrogens with zero attached hydrogens (tertiary/aromatic N) is 3. The number of aliphatic hydroxyl groups is 1. The number of para-hydroxylation sites is 1. The summed E-state index contributed by atoms with van der Waals surface area (Å²) in [5, 5.41) is 10.8. The van der Waals surface area contributed by atoms with E-state index in [0.717, 1.165) is 22.2 Å². The Morgan fingerprint density at radius 1 is 1.05 bits per heavy atom.